The number of carbonyl (C=O) groups is 1. The van der Waals surface area contributed by atoms with E-state index in [1.54, 1.807) is 12.1 Å². The number of rotatable bonds is 8. The summed E-state index contributed by atoms with van der Waals surface area (Å²) in [7, 11) is -3.64. The van der Waals surface area contributed by atoms with Gasteiger partial charge >= 0.3 is 5.97 Å². The summed E-state index contributed by atoms with van der Waals surface area (Å²) in [5.41, 5.74) is 0.767. The van der Waals surface area contributed by atoms with Crippen LogP contribution in [-0.4, -0.2) is 25.5 Å². The van der Waals surface area contributed by atoms with Crippen LogP contribution in [0.5, 0.6) is 0 Å². The van der Waals surface area contributed by atoms with Crippen molar-refractivity contribution in [3.8, 4) is 0 Å². The number of carboxylic acid groups (broad SMARTS) is 1. The third-order valence-electron chi connectivity index (χ3n) is 2.63. The maximum atomic E-state index is 11.9. The average molecular weight is 297 g/mol. The number of carboxylic acids is 1. The van der Waals surface area contributed by atoms with Gasteiger partial charge in [0.1, 0.15) is 0 Å². The summed E-state index contributed by atoms with van der Waals surface area (Å²) < 4.78 is 26.2. The van der Waals surface area contributed by atoms with Crippen molar-refractivity contribution < 1.29 is 18.3 Å². The van der Waals surface area contributed by atoms with Crippen molar-refractivity contribution in [1.29, 1.82) is 0 Å². The zero-order valence-electron chi connectivity index (χ0n) is 11.3. The summed E-state index contributed by atoms with van der Waals surface area (Å²) in [5, 5.41) is 9.82. The lowest BCUT2D eigenvalue weighted by atomic mass is 10.1. The van der Waals surface area contributed by atoms with Crippen molar-refractivity contribution in [3.63, 3.8) is 0 Å². The van der Waals surface area contributed by atoms with Gasteiger partial charge in [0.15, 0.2) is 0 Å². The monoisotopic (exact) mass is 297 g/mol. The molecule has 1 unspecified atom stereocenters. The molecule has 2 N–H and O–H groups in total. The molecule has 20 heavy (non-hydrogen) atoms. The Bertz CT molecular complexity index is 552. The number of nitrogens with one attached hydrogen (secondary N) is 1. The molecule has 0 aliphatic carbocycles. The van der Waals surface area contributed by atoms with Gasteiger partial charge in [-0.3, -0.25) is 4.79 Å². The minimum atomic E-state index is -3.64. The van der Waals surface area contributed by atoms with Crippen LogP contribution in [0.3, 0.4) is 0 Å². The molecule has 1 aromatic rings. The summed E-state index contributed by atoms with van der Waals surface area (Å²) in [6.45, 7) is 1.88. The summed E-state index contributed by atoms with van der Waals surface area (Å²) in [6.07, 6.45) is 2.46. The lowest BCUT2D eigenvalue weighted by molar-refractivity contribution is -0.137. The first kappa shape index (κ1) is 16.4. The molecule has 0 amide bonds. The molecular formula is C14H19NO4S. The fourth-order valence-corrected chi connectivity index (χ4v) is 2.85. The second-order valence-electron chi connectivity index (χ2n) is 4.46. The van der Waals surface area contributed by atoms with E-state index in [1.165, 1.54) is 6.08 Å². The van der Waals surface area contributed by atoms with Crippen LogP contribution in [0, 0.1) is 0 Å². The van der Waals surface area contributed by atoms with Crippen LogP contribution in [0.25, 0.3) is 6.08 Å². The van der Waals surface area contributed by atoms with Crippen LogP contribution in [-0.2, 0) is 14.8 Å². The standard InChI is InChI=1S/C14H19NO4S/c1-2-6-13(11-14(16)17)15-20(18,19)10-9-12-7-4-3-5-8-12/h3-5,7-10,13,15H,2,6,11H2,1H3,(H,16,17)/b10-9+. The molecule has 0 aromatic heterocycles. The highest BCUT2D eigenvalue weighted by atomic mass is 32.2. The van der Waals surface area contributed by atoms with E-state index in [9.17, 15) is 13.2 Å². The third-order valence-corrected chi connectivity index (χ3v) is 3.78. The smallest absolute Gasteiger partial charge is 0.304 e. The molecule has 0 fully saturated rings. The summed E-state index contributed by atoms with van der Waals surface area (Å²) in [5.74, 6) is -1.02. The summed E-state index contributed by atoms with van der Waals surface area (Å²) in [4.78, 5) is 10.7. The lowest BCUT2D eigenvalue weighted by Gasteiger charge is -2.14. The van der Waals surface area contributed by atoms with E-state index in [2.05, 4.69) is 4.72 Å². The Hall–Kier alpha value is -1.66. The largest absolute Gasteiger partial charge is 0.481 e. The molecule has 5 nitrogen and oxygen atoms in total. The van der Waals surface area contributed by atoms with Crippen molar-refractivity contribution in [2.45, 2.75) is 32.2 Å². The minimum absolute atomic E-state index is 0.216. The zero-order valence-corrected chi connectivity index (χ0v) is 12.1. The quantitative estimate of drug-likeness (QED) is 0.770. The van der Waals surface area contributed by atoms with Gasteiger partial charge in [0.2, 0.25) is 10.0 Å². The van der Waals surface area contributed by atoms with E-state index in [1.807, 2.05) is 25.1 Å². The summed E-state index contributed by atoms with van der Waals surface area (Å²) >= 11 is 0. The Morgan fingerprint density at radius 1 is 1.35 bits per heavy atom. The number of aliphatic carboxylic acids is 1. The molecular weight excluding hydrogens is 278 g/mol. The molecule has 0 saturated heterocycles. The van der Waals surface area contributed by atoms with E-state index in [0.29, 0.717) is 12.8 Å². The van der Waals surface area contributed by atoms with Crippen LogP contribution in [0.4, 0.5) is 0 Å². The lowest BCUT2D eigenvalue weighted by Crippen LogP contribution is -2.35. The van der Waals surface area contributed by atoms with E-state index in [-0.39, 0.29) is 6.42 Å². The Balaban J connectivity index is 2.72. The molecule has 0 saturated carbocycles. The Kier molecular flexibility index (Phi) is 6.41. The molecule has 0 radical (unpaired) electrons. The van der Waals surface area contributed by atoms with Crippen LogP contribution in [0.2, 0.25) is 0 Å². The van der Waals surface area contributed by atoms with Crippen molar-refractivity contribution in [3.05, 3.63) is 41.3 Å². The van der Waals surface area contributed by atoms with Gasteiger partial charge < -0.3 is 5.11 Å². The Labute approximate surface area is 119 Å². The highest BCUT2D eigenvalue weighted by Crippen LogP contribution is 2.07. The Morgan fingerprint density at radius 2 is 2.00 bits per heavy atom. The number of benzene rings is 1. The molecule has 0 aliphatic rings. The molecule has 0 spiro atoms. The number of sulfonamides is 1. The van der Waals surface area contributed by atoms with Crippen LogP contribution < -0.4 is 4.72 Å². The second kappa shape index (κ2) is 7.81. The highest BCUT2D eigenvalue weighted by Gasteiger charge is 2.17. The number of hydrogen-bond donors (Lipinski definition) is 2. The molecule has 0 aliphatic heterocycles. The van der Waals surface area contributed by atoms with Gasteiger partial charge in [0.25, 0.3) is 0 Å². The molecule has 1 atom stereocenters. The third kappa shape index (κ3) is 6.49. The predicted octanol–water partition coefficient (Wildman–Crippen LogP) is 2.22. The van der Waals surface area contributed by atoms with Gasteiger partial charge in [-0.15, -0.1) is 0 Å². The SMILES string of the molecule is CCCC(CC(=O)O)NS(=O)(=O)/C=C/c1ccccc1. The molecule has 1 rings (SSSR count). The second-order valence-corrected chi connectivity index (χ2v) is 6.06. The van der Waals surface area contributed by atoms with Crippen molar-refractivity contribution >= 4 is 22.1 Å². The van der Waals surface area contributed by atoms with E-state index < -0.39 is 22.0 Å². The first-order valence-corrected chi connectivity index (χ1v) is 7.95. The van der Waals surface area contributed by atoms with Gasteiger partial charge in [0.05, 0.1) is 6.42 Å². The molecule has 0 heterocycles. The van der Waals surface area contributed by atoms with Crippen molar-refractivity contribution in [2.24, 2.45) is 0 Å². The van der Waals surface area contributed by atoms with Crippen molar-refractivity contribution in [1.82, 2.24) is 4.72 Å². The average Bonchev–Trinajstić information content (AvgIpc) is 2.37. The topological polar surface area (TPSA) is 83.5 Å². The fourth-order valence-electron chi connectivity index (χ4n) is 1.77. The summed E-state index contributed by atoms with van der Waals surface area (Å²) in [6, 6.07) is 8.45. The van der Waals surface area contributed by atoms with Crippen molar-refractivity contribution in [2.75, 3.05) is 0 Å². The minimum Gasteiger partial charge on any atom is -0.481 e. The van der Waals surface area contributed by atoms with E-state index in [4.69, 9.17) is 5.11 Å². The van der Waals surface area contributed by atoms with Gasteiger partial charge in [-0.1, -0.05) is 43.7 Å². The maximum absolute atomic E-state index is 11.9. The highest BCUT2D eigenvalue weighted by molar-refractivity contribution is 7.92. The van der Waals surface area contributed by atoms with Gasteiger partial charge in [-0.05, 0) is 18.1 Å². The number of hydrogen-bond acceptors (Lipinski definition) is 3. The first-order chi connectivity index (χ1) is 9.43. The fraction of sp³-hybridized carbons (Fsp3) is 0.357. The van der Waals surface area contributed by atoms with Gasteiger partial charge in [-0.25, -0.2) is 13.1 Å². The van der Waals surface area contributed by atoms with E-state index in [0.717, 1.165) is 11.0 Å². The van der Waals surface area contributed by atoms with Crippen LogP contribution >= 0.6 is 0 Å². The molecule has 6 heteroatoms. The predicted molar refractivity (Wildman–Crippen MR) is 78.5 cm³/mol. The Morgan fingerprint density at radius 3 is 2.55 bits per heavy atom. The maximum Gasteiger partial charge on any atom is 0.304 e. The molecule has 0 bridgehead atoms. The van der Waals surface area contributed by atoms with Gasteiger partial charge in [0, 0.05) is 11.4 Å². The zero-order chi connectivity index (χ0) is 15.0. The molecule has 110 valence electrons. The first-order valence-electron chi connectivity index (χ1n) is 6.40. The van der Waals surface area contributed by atoms with Gasteiger partial charge in [-0.2, -0.15) is 0 Å². The van der Waals surface area contributed by atoms with Crippen LogP contribution in [0.1, 0.15) is 31.7 Å². The normalized spacial score (nSPS) is 13.4. The van der Waals surface area contributed by atoms with E-state index >= 15 is 0 Å². The van der Waals surface area contributed by atoms with Crippen LogP contribution in [0.15, 0.2) is 35.7 Å². The molecule has 1 aromatic carbocycles.